The minimum atomic E-state index is -0.446. The first-order chi connectivity index (χ1) is 13.4. The SMILES string of the molecule is [C-]#[O+].[C-]#[O+].[C-]#[O+].[C-]#[O+].[Ru].c1ccc(P(c2ccccc2)c2ccccc2)cc1. The van der Waals surface area contributed by atoms with E-state index in [4.69, 9.17) is 18.6 Å². The van der Waals surface area contributed by atoms with E-state index in [0.29, 0.717) is 0 Å². The summed E-state index contributed by atoms with van der Waals surface area (Å²) in [6, 6.07) is 32.3. The van der Waals surface area contributed by atoms with Crippen molar-refractivity contribution in [2.75, 3.05) is 0 Å². The summed E-state index contributed by atoms with van der Waals surface area (Å²) in [4.78, 5) is 0. The summed E-state index contributed by atoms with van der Waals surface area (Å²) < 4.78 is 30.0. The summed E-state index contributed by atoms with van der Waals surface area (Å²) in [5.41, 5.74) is 0. The molecule has 0 atom stereocenters. The molecule has 3 aromatic rings. The van der Waals surface area contributed by atoms with Crippen LogP contribution in [0.1, 0.15) is 0 Å². The summed E-state index contributed by atoms with van der Waals surface area (Å²) in [6.07, 6.45) is 0. The van der Waals surface area contributed by atoms with Gasteiger partial charge in [-0.2, -0.15) is 0 Å². The second kappa shape index (κ2) is 22.7. The van der Waals surface area contributed by atoms with Gasteiger partial charge in [0.1, 0.15) is 0 Å². The second-order valence-corrected chi connectivity index (χ2v) is 6.56. The van der Waals surface area contributed by atoms with Crippen molar-refractivity contribution in [3.63, 3.8) is 0 Å². The van der Waals surface area contributed by atoms with Crippen LogP contribution in [0.15, 0.2) is 91.0 Å². The van der Waals surface area contributed by atoms with E-state index in [1.165, 1.54) is 15.9 Å². The number of rotatable bonds is 3. The molecule has 6 heteroatoms. The standard InChI is InChI=1S/C18H15P.4CO.Ru/c1-4-10-16(11-5-1)19(17-12-6-2-7-13-17)18-14-8-3-9-15-18;4*1-2;/h1-15H;;;;;. The molecule has 0 aromatic heterocycles. The Morgan fingerprint density at radius 1 is 0.393 bits per heavy atom. The molecule has 0 heterocycles. The van der Waals surface area contributed by atoms with E-state index in [2.05, 4.69) is 118 Å². The molecule has 0 bridgehead atoms. The van der Waals surface area contributed by atoms with E-state index in [1.807, 2.05) is 0 Å². The van der Waals surface area contributed by atoms with Crippen molar-refractivity contribution < 1.29 is 38.1 Å². The van der Waals surface area contributed by atoms with Gasteiger partial charge in [0, 0.05) is 19.5 Å². The van der Waals surface area contributed by atoms with Crippen LogP contribution in [0.5, 0.6) is 0 Å². The summed E-state index contributed by atoms with van der Waals surface area (Å²) >= 11 is 0. The molecule has 0 fully saturated rings. The first kappa shape index (κ1) is 30.4. The van der Waals surface area contributed by atoms with Gasteiger partial charge >= 0.3 is 45.2 Å². The van der Waals surface area contributed by atoms with Crippen LogP contribution < -0.4 is 15.9 Å². The first-order valence-electron chi connectivity index (χ1n) is 7.22. The Bertz CT molecular complexity index is 683. The molecule has 0 radical (unpaired) electrons. The maximum absolute atomic E-state index is 7.50. The molecule has 0 N–H and O–H groups in total. The van der Waals surface area contributed by atoms with Crippen molar-refractivity contribution in [3.05, 3.63) is 118 Å². The van der Waals surface area contributed by atoms with Crippen LogP contribution in [0.2, 0.25) is 0 Å². The van der Waals surface area contributed by atoms with E-state index in [1.54, 1.807) is 0 Å². The van der Waals surface area contributed by atoms with Crippen LogP contribution in [0.4, 0.5) is 0 Å². The van der Waals surface area contributed by atoms with Crippen LogP contribution in [0.3, 0.4) is 0 Å². The molecule has 4 nitrogen and oxygen atoms in total. The molecular weight excluding hydrogens is 460 g/mol. The van der Waals surface area contributed by atoms with E-state index in [-0.39, 0.29) is 19.5 Å². The fourth-order valence-electron chi connectivity index (χ4n) is 2.18. The summed E-state index contributed by atoms with van der Waals surface area (Å²) in [5.74, 6) is 0. The van der Waals surface area contributed by atoms with Gasteiger partial charge in [0.15, 0.2) is 0 Å². The van der Waals surface area contributed by atoms with E-state index >= 15 is 0 Å². The maximum atomic E-state index is 7.50. The van der Waals surface area contributed by atoms with E-state index < -0.39 is 7.92 Å². The van der Waals surface area contributed by atoms with Crippen molar-refractivity contribution in [1.29, 1.82) is 0 Å². The summed E-state index contributed by atoms with van der Waals surface area (Å²) in [5, 5.41) is 4.19. The Morgan fingerprint density at radius 2 is 0.571 bits per heavy atom. The van der Waals surface area contributed by atoms with Gasteiger partial charge in [0.25, 0.3) is 0 Å². The van der Waals surface area contributed by atoms with Crippen molar-refractivity contribution in [2.45, 2.75) is 0 Å². The quantitative estimate of drug-likeness (QED) is 0.241. The van der Waals surface area contributed by atoms with Gasteiger partial charge in [-0.3, -0.25) is 0 Å². The zero-order chi connectivity index (χ0) is 20.9. The normalized spacial score (nSPS) is 7.46. The molecule has 140 valence electrons. The van der Waals surface area contributed by atoms with Crippen LogP contribution in [0, 0.1) is 26.6 Å². The van der Waals surface area contributed by atoms with Crippen LogP contribution >= 0.6 is 7.92 Å². The number of hydrogen-bond donors (Lipinski definition) is 0. The van der Waals surface area contributed by atoms with Crippen molar-refractivity contribution in [3.8, 4) is 0 Å². The zero-order valence-corrected chi connectivity index (χ0v) is 17.2. The molecular formula is C22H15O4PRu. The topological polar surface area (TPSA) is 79.6 Å². The molecule has 0 unspecified atom stereocenters. The third-order valence-corrected chi connectivity index (χ3v) is 5.49. The molecule has 0 saturated carbocycles. The van der Waals surface area contributed by atoms with Crippen molar-refractivity contribution >= 4 is 23.8 Å². The number of hydrogen-bond acceptors (Lipinski definition) is 0. The zero-order valence-electron chi connectivity index (χ0n) is 14.6. The molecule has 3 aromatic carbocycles. The maximum Gasteiger partial charge on any atom is 0 e. The van der Waals surface area contributed by atoms with Gasteiger partial charge in [-0.25, -0.2) is 0 Å². The van der Waals surface area contributed by atoms with Gasteiger partial charge in [0.2, 0.25) is 0 Å². The van der Waals surface area contributed by atoms with Crippen LogP contribution in [0.25, 0.3) is 0 Å². The fourth-order valence-corrected chi connectivity index (χ4v) is 4.48. The molecule has 0 spiro atoms. The van der Waals surface area contributed by atoms with Gasteiger partial charge in [-0.15, -0.1) is 0 Å². The summed E-state index contributed by atoms with van der Waals surface area (Å²) in [6.45, 7) is 18.0. The molecule has 0 amide bonds. The Labute approximate surface area is 179 Å². The van der Waals surface area contributed by atoms with Crippen LogP contribution in [-0.2, 0) is 38.1 Å². The third-order valence-electron chi connectivity index (χ3n) is 3.04. The third kappa shape index (κ3) is 10.7. The molecule has 0 aliphatic heterocycles. The Morgan fingerprint density at radius 3 is 0.750 bits per heavy atom. The van der Waals surface area contributed by atoms with E-state index in [0.717, 1.165) is 0 Å². The molecule has 0 aliphatic carbocycles. The van der Waals surface area contributed by atoms with Crippen LogP contribution in [-0.4, -0.2) is 0 Å². The Kier molecular flexibility index (Phi) is 24.7. The average Bonchev–Trinajstić information content (AvgIpc) is 2.82. The predicted molar refractivity (Wildman–Crippen MR) is 101 cm³/mol. The van der Waals surface area contributed by atoms with Gasteiger partial charge < -0.3 is 0 Å². The minimum Gasteiger partial charge on any atom is -0.0622 e. The second-order valence-electron chi connectivity index (χ2n) is 4.34. The fraction of sp³-hybridized carbons (Fsp3) is 0. The molecule has 3 rings (SSSR count). The van der Waals surface area contributed by atoms with Gasteiger partial charge in [-0.05, 0) is 23.8 Å². The number of benzene rings is 3. The molecule has 28 heavy (non-hydrogen) atoms. The molecule has 0 saturated heterocycles. The minimum absolute atomic E-state index is 0. The smallest absolute Gasteiger partial charge is 0 e. The van der Waals surface area contributed by atoms with Gasteiger partial charge in [-0.1, -0.05) is 91.0 Å². The van der Waals surface area contributed by atoms with E-state index in [9.17, 15) is 0 Å². The van der Waals surface area contributed by atoms with Gasteiger partial charge in [0.05, 0.1) is 0 Å². The van der Waals surface area contributed by atoms with Crippen molar-refractivity contribution in [2.24, 2.45) is 0 Å². The predicted octanol–water partition coefficient (Wildman–Crippen LogP) is 3.29. The average molecular weight is 475 g/mol. The monoisotopic (exact) mass is 476 g/mol. The van der Waals surface area contributed by atoms with Crippen molar-refractivity contribution in [1.82, 2.24) is 0 Å². The Hall–Kier alpha value is -2.33. The first-order valence-corrected chi connectivity index (χ1v) is 8.56. The largest absolute Gasteiger partial charge is 0.0622 e. The molecule has 0 aliphatic rings. The summed E-state index contributed by atoms with van der Waals surface area (Å²) in [7, 11) is -0.446. The Balaban J connectivity index is -0.000000622.